The van der Waals surface area contributed by atoms with Crippen LogP contribution in [0.25, 0.3) is 0 Å². The fourth-order valence-electron chi connectivity index (χ4n) is 1.53. The van der Waals surface area contributed by atoms with E-state index < -0.39 is 11.8 Å². The molecule has 4 N–H and O–H groups in total. The molecule has 5 nitrogen and oxygen atoms in total. The number of hydrogen-bond donors (Lipinski definition) is 3. The normalized spacial score (nSPS) is 9.95. The van der Waals surface area contributed by atoms with E-state index in [1.807, 2.05) is 0 Å². The molecule has 2 aromatic carbocycles. The Labute approximate surface area is 119 Å². The van der Waals surface area contributed by atoms with Gasteiger partial charge >= 0.3 is 6.03 Å². The highest BCUT2D eigenvalue weighted by molar-refractivity contribution is 6.32. The van der Waals surface area contributed by atoms with Gasteiger partial charge in [-0.05, 0) is 30.3 Å². The molecule has 0 aliphatic heterocycles. The largest absolute Gasteiger partial charge is 0.410 e. The van der Waals surface area contributed by atoms with Crippen LogP contribution in [0.15, 0.2) is 42.5 Å². The first kappa shape index (κ1) is 14.1. The lowest BCUT2D eigenvalue weighted by molar-refractivity contribution is 0.262. The monoisotopic (exact) mass is 295 g/mol. The molecule has 0 aliphatic rings. The van der Waals surface area contributed by atoms with Gasteiger partial charge < -0.3 is 15.5 Å². The van der Waals surface area contributed by atoms with Crippen LogP contribution in [0.3, 0.4) is 0 Å². The van der Waals surface area contributed by atoms with Crippen molar-refractivity contribution < 1.29 is 14.0 Å². The number of carbonyl (C=O) groups is 1. The van der Waals surface area contributed by atoms with Crippen LogP contribution in [0.4, 0.5) is 20.6 Å². The molecule has 7 heteroatoms. The summed E-state index contributed by atoms with van der Waals surface area (Å²) in [5.74, 6) is 4.83. The number of nitrogens with two attached hydrogens (primary N) is 1. The van der Waals surface area contributed by atoms with Gasteiger partial charge in [-0.2, -0.15) is 5.90 Å². The third kappa shape index (κ3) is 3.59. The molecule has 0 atom stereocenters. The predicted molar refractivity (Wildman–Crippen MR) is 75.3 cm³/mol. The lowest BCUT2D eigenvalue weighted by atomic mass is 10.3. The average Bonchev–Trinajstić information content (AvgIpc) is 2.41. The fraction of sp³-hybridized carbons (Fsp3) is 0. The summed E-state index contributed by atoms with van der Waals surface area (Å²) in [6, 6.07) is 9.60. The first-order valence-electron chi connectivity index (χ1n) is 5.58. The van der Waals surface area contributed by atoms with Crippen molar-refractivity contribution in [2.24, 2.45) is 5.90 Å². The summed E-state index contributed by atoms with van der Waals surface area (Å²) < 4.78 is 13.0. The summed E-state index contributed by atoms with van der Waals surface area (Å²) in [6.45, 7) is 0. The quantitative estimate of drug-likeness (QED) is 0.760. The number of amides is 2. The highest BCUT2D eigenvalue weighted by atomic mass is 35.5. The molecule has 0 aliphatic carbocycles. The van der Waals surface area contributed by atoms with Gasteiger partial charge in [0.1, 0.15) is 5.82 Å². The molecule has 0 aromatic heterocycles. The van der Waals surface area contributed by atoms with Crippen LogP contribution in [0, 0.1) is 5.82 Å². The van der Waals surface area contributed by atoms with Crippen LogP contribution in [0.5, 0.6) is 5.75 Å². The second-order valence-corrected chi connectivity index (χ2v) is 4.26. The van der Waals surface area contributed by atoms with Crippen LogP contribution < -0.4 is 21.4 Å². The number of hydrogen-bond acceptors (Lipinski definition) is 3. The van der Waals surface area contributed by atoms with Crippen molar-refractivity contribution in [1.82, 2.24) is 0 Å². The lowest BCUT2D eigenvalue weighted by Crippen LogP contribution is -2.19. The molecule has 20 heavy (non-hydrogen) atoms. The molecule has 0 saturated heterocycles. The van der Waals surface area contributed by atoms with E-state index in [1.54, 1.807) is 12.1 Å². The molecule has 0 saturated carbocycles. The zero-order chi connectivity index (χ0) is 14.5. The number of carbonyl (C=O) groups excluding carboxylic acids is 1. The van der Waals surface area contributed by atoms with Gasteiger partial charge in [-0.25, -0.2) is 9.18 Å². The van der Waals surface area contributed by atoms with Crippen molar-refractivity contribution in [3.63, 3.8) is 0 Å². The summed E-state index contributed by atoms with van der Waals surface area (Å²) in [6.07, 6.45) is 0. The predicted octanol–water partition coefficient (Wildman–Crippen LogP) is 3.38. The van der Waals surface area contributed by atoms with Gasteiger partial charge in [0.15, 0.2) is 5.75 Å². The van der Waals surface area contributed by atoms with Crippen molar-refractivity contribution in [2.75, 3.05) is 10.6 Å². The molecular weight excluding hydrogens is 285 g/mol. The number of benzene rings is 2. The SMILES string of the molecule is NOc1cc(NC(=O)Nc2cccc(F)c2)ccc1Cl. The molecule has 0 unspecified atom stereocenters. The molecule has 2 aromatic rings. The topological polar surface area (TPSA) is 76.4 Å². The van der Waals surface area contributed by atoms with Crippen molar-refractivity contribution in [2.45, 2.75) is 0 Å². The van der Waals surface area contributed by atoms with Gasteiger partial charge in [0.2, 0.25) is 0 Å². The number of anilines is 2. The molecule has 0 fully saturated rings. The lowest BCUT2D eigenvalue weighted by Gasteiger charge is -2.09. The summed E-state index contributed by atoms with van der Waals surface area (Å²) in [4.78, 5) is 16.3. The van der Waals surface area contributed by atoms with Gasteiger partial charge in [0.05, 0.1) is 5.02 Å². The summed E-state index contributed by atoms with van der Waals surface area (Å²) in [5, 5.41) is 5.36. The fourth-order valence-corrected chi connectivity index (χ4v) is 1.69. The minimum atomic E-state index is -0.527. The Balaban J connectivity index is 2.04. The maximum Gasteiger partial charge on any atom is 0.323 e. The van der Waals surface area contributed by atoms with Gasteiger partial charge in [-0.3, -0.25) is 0 Å². The highest BCUT2D eigenvalue weighted by Gasteiger charge is 2.06. The first-order valence-corrected chi connectivity index (χ1v) is 5.96. The Hall–Kier alpha value is -2.31. The van der Waals surface area contributed by atoms with E-state index in [0.717, 1.165) is 0 Å². The molecule has 0 spiro atoms. The maximum absolute atomic E-state index is 13.0. The minimum Gasteiger partial charge on any atom is -0.410 e. The molecular formula is C13H11ClFN3O2. The first-order chi connectivity index (χ1) is 9.58. The van der Waals surface area contributed by atoms with Gasteiger partial charge in [-0.1, -0.05) is 17.7 Å². The van der Waals surface area contributed by atoms with Crippen molar-refractivity contribution in [1.29, 1.82) is 0 Å². The van der Waals surface area contributed by atoms with E-state index in [9.17, 15) is 9.18 Å². The Bertz CT molecular complexity index is 637. The van der Waals surface area contributed by atoms with E-state index in [2.05, 4.69) is 15.5 Å². The van der Waals surface area contributed by atoms with E-state index in [0.29, 0.717) is 16.4 Å². The van der Waals surface area contributed by atoms with Crippen molar-refractivity contribution in [3.8, 4) is 5.75 Å². The zero-order valence-electron chi connectivity index (χ0n) is 10.2. The Morgan fingerprint density at radius 3 is 2.50 bits per heavy atom. The zero-order valence-corrected chi connectivity index (χ0v) is 10.9. The smallest absolute Gasteiger partial charge is 0.323 e. The van der Waals surface area contributed by atoms with Gasteiger partial charge in [0.25, 0.3) is 0 Å². The van der Waals surface area contributed by atoms with Crippen molar-refractivity contribution in [3.05, 3.63) is 53.3 Å². The van der Waals surface area contributed by atoms with E-state index in [1.165, 1.54) is 30.3 Å². The Morgan fingerprint density at radius 1 is 1.15 bits per heavy atom. The number of nitrogens with one attached hydrogen (secondary N) is 2. The second-order valence-electron chi connectivity index (χ2n) is 3.85. The van der Waals surface area contributed by atoms with Crippen LogP contribution in [-0.4, -0.2) is 6.03 Å². The van der Waals surface area contributed by atoms with Crippen LogP contribution in [0.2, 0.25) is 5.02 Å². The molecule has 0 heterocycles. The average molecular weight is 296 g/mol. The van der Waals surface area contributed by atoms with Crippen LogP contribution in [0.1, 0.15) is 0 Å². The Kier molecular flexibility index (Phi) is 4.39. The molecule has 2 rings (SSSR count). The number of rotatable bonds is 3. The minimum absolute atomic E-state index is 0.232. The maximum atomic E-state index is 13.0. The second kappa shape index (κ2) is 6.23. The molecule has 0 bridgehead atoms. The third-order valence-corrected chi connectivity index (χ3v) is 2.71. The Morgan fingerprint density at radius 2 is 1.85 bits per heavy atom. The molecule has 0 radical (unpaired) electrons. The standard InChI is InChI=1S/C13H11ClFN3O2/c14-11-5-4-10(7-12(11)20-16)18-13(19)17-9-3-1-2-8(15)6-9/h1-7H,16H2,(H2,17,18,19). The van der Waals surface area contributed by atoms with Gasteiger partial charge in [0, 0.05) is 17.4 Å². The van der Waals surface area contributed by atoms with Crippen molar-refractivity contribution >= 4 is 29.0 Å². The summed E-state index contributed by atoms with van der Waals surface area (Å²) in [5.41, 5.74) is 0.774. The highest BCUT2D eigenvalue weighted by Crippen LogP contribution is 2.26. The third-order valence-electron chi connectivity index (χ3n) is 2.40. The number of urea groups is 1. The van der Waals surface area contributed by atoms with Crippen LogP contribution >= 0.6 is 11.6 Å². The van der Waals surface area contributed by atoms with E-state index in [-0.39, 0.29) is 5.75 Å². The number of halogens is 2. The summed E-state index contributed by atoms with van der Waals surface area (Å²) >= 11 is 5.81. The van der Waals surface area contributed by atoms with E-state index in [4.69, 9.17) is 17.5 Å². The van der Waals surface area contributed by atoms with Gasteiger partial charge in [-0.15, -0.1) is 0 Å². The van der Waals surface area contributed by atoms with Crippen LogP contribution in [-0.2, 0) is 0 Å². The summed E-state index contributed by atoms with van der Waals surface area (Å²) in [7, 11) is 0. The molecule has 2 amide bonds. The van der Waals surface area contributed by atoms with E-state index >= 15 is 0 Å². The molecule has 104 valence electrons.